The first-order valence-corrected chi connectivity index (χ1v) is 10.1. The van der Waals surface area contributed by atoms with Crippen LogP contribution in [0.1, 0.15) is 29.9 Å². The maximum Gasteiger partial charge on any atom is 0.317 e. The average Bonchev–Trinajstić information content (AvgIpc) is 2.74. The number of fused-ring (bicyclic) bond motifs is 1. The molecule has 0 bridgehead atoms. The van der Waals surface area contributed by atoms with Gasteiger partial charge in [0, 0.05) is 25.7 Å². The van der Waals surface area contributed by atoms with Crippen LogP contribution in [0.5, 0.6) is 11.5 Å². The number of nitrogens with one attached hydrogen (secondary N) is 1. The Balaban J connectivity index is 1.26. The van der Waals surface area contributed by atoms with Gasteiger partial charge in [0.25, 0.3) is 0 Å². The Morgan fingerprint density at radius 3 is 2.48 bits per heavy atom. The number of hydrogen-bond acceptors (Lipinski definition) is 3. The molecular formula is C24H26N2O3. The SMILES string of the molecule is O=C(NCCc1ccc2ccccc2c1)N1CCC(c2ccc(O)cc2O)CC1. The summed E-state index contributed by atoms with van der Waals surface area (Å²) in [5, 5.41) is 25.0. The number of aromatic hydroxyl groups is 2. The number of likely N-dealkylation sites (tertiary alicyclic amines) is 1. The van der Waals surface area contributed by atoms with Gasteiger partial charge >= 0.3 is 6.03 Å². The van der Waals surface area contributed by atoms with Crippen molar-refractivity contribution in [3.63, 3.8) is 0 Å². The molecule has 0 unspecified atom stereocenters. The summed E-state index contributed by atoms with van der Waals surface area (Å²) < 4.78 is 0. The number of benzene rings is 3. The number of urea groups is 1. The number of hydrogen-bond donors (Lipinski definition) is 3. The molecular weight excluding hydrogens is 364 g/mol. The van der Waals surface area contributed by atoms with Gasteiger partial charge in [-0.25, -0.2) is 4.79 Å². The Kier molecular flexibility index (Phi) is 5.56. The minimum Gasteiger partial charge on any atom is -0.508 e. The lowest BCUT2D eigenvalue weighted by Gasteiger charge is -2.32. The number of amides is 2. The van der Waals surface area contributed by atoms with Crippen molar-refractivity contribution >= 4 is 16.8 Å². The monoisotopic (exact) mass is 390 g/mol. The van der Waals surface area contributed by atoms with Crippen molar-refractivity contribution in [1.82, 2.24) is 10.2 Å². The normalized spacial score (nSPS) is 14.8. The van der Waals surface area contributed by atoms with E-state index in [4.69, 9.17) is 0 Å². The van der Waals surface area contributed by atoms with Crippen LogP contribution in [-0.2, 0) is 6.42 Å². The van der Waals surface area contributed by atoms with Gasteiger partial charge in [0.1, 0.15) is 11.5 Å². The molecule has 0 radical (unpaired) electrons. The Morgan fingerprint density at radius 1 is 0.966 bits per heavy atom. The summed E-state index contributed by atoms with van der Waals surface area (Å²) in [7, 11) is 0. The average molecular weight is 390 g/mol. The topological polar surface area (TPSA) is 72.8 Å². The molecule has 5 nitrogen and oxygen atoms in total. The van der Waals surface area contributed by atoms with E-state index >= 15 is 0 Å². The van der Waals surface area contributed by atoms with Crippen LogP contribution >= 0.6 is 0 Å². The molecule has 0 aromatic heterocycles. The number of rotatable bonds is 4. The summed E-state index contributed by atoms with van der Waals surface area (Å²) in [6.07, 6.45) is 2.40. The first-order chi connectivity index (χ1) is 14.1. The second-order valence-corrected chi connectivity index (χ2v) is 7.67. The van der Waals surface area contributed by atoms with Crippen LogP contribution in [0, 0.1) is 0 Å². The fourth-order valence-electron chi connectivity index (χ4n) is 4.09. The summed E-state index contributed by atoms with van der Waals surface area (Å²) in [5.74, 6) is 0.398. The number of carbonyl (C=O) groups excluding carboxylic acids is 1. The van der Waals surface area contributed by atoms with Gasteiger partial charge in [0.15, 0.2) is 0 Å². The van der Waals surface area contributed by atoms with E-state index in [0.717, 1.165) is 24.8 Å². The van der Waals surface area contributed by atoms with Crippen LogP contribution in [0.15, 0.2) is 60.7 Å². The maximum atomic E-state index is 12.5. The van der Waals surface area contributed by atoms with Gasteiger partial charge in [-0.1, -0.05) is 48.5 Å². The van der Waals surface area contributed by atoms with Crippen LogP contribution in [0.3, 0.4) is 0 Å². The van der Waals surface area contributed by atoms with E-state index in [2.05, 4.69) is 35.6 Å². The predicted octanol–water partition coefficient (Wildman–Crippen LogP) is 4.38. The van der Waals surface area contributed by atoms with Crippen LogP contribution in [0.2, 0.25) is 0 Å². The lowest BCUT2D eigenvalue weighted by atomic mass is 9.89. The van der Waals surface area contributed by atoms with Gasteiger partial charge < -0.3 is 20.4 Å². The van der Waals surface area contributed by atoms with Crippen molar-refractivity contribution in [3.05, 3.63) is 71.8 Å². The van der Waals surface area contributed by atoms with Crippen LogP contribution in [0.25, 0.3) is 10.8 Å². The first-order valence-electron chi connectivity index (χ1n) is 10.1. The molecule has 0 spiro atoms. The molecule has 0 saturated carbocycles. The van der Waals surface area contributed by atoms with Gasteiger partial charge in [0.05, 0.1) is 0 Å². The summed E-state index contributed by atoms with van der Waals surface area (Å²) in [6.45, 7) is 1.93. The highest BCUT2D eigenvalue weighted by molar-refractivity contribution is 5.83. The van der Waals surface area contributed by atoms with E-state index in [1.54, 1.807) is 12.1 Å². The standard InChI is InChI=1S/C24H26N2O3/c27-21-7-8-22(23(28)16-21)19-10-13-26(14-11-19)24(29)25-12-9-17-5-6-18-3-1-2-4-20(18)15-17/h1-8,15-16,19,27-28H,9-14H2,(H,25,29). The molecule has 3 aromatic rings. The van der Waals surface area contributed by atoms with Crippen molar-refractivity contribution in [2.24, 2.45) is 0 Å². The van der Waals surface area contributed by atoms with E-state index < -0.39 is 0 Å². The Morgan fingerprint density at radius 2 is 1.72 bits per heavy atom. The smallest absolute Gasteiger partial charge is 0.317 e. The van der Waals surface area contributed by atoms with Crippen molar-refractivity contribution in [2.75, 3.05) is 19.6 Å². The summed E-state index contributed by atoms with van der Waals surface area (Å²) in [6, 6.07) is 19.4. The lowest BCUT2D eigenvalue weighted by molar-refractivity contribution is 0.181. The molecule has 1 aliphatic heterocycles. The van der Waals surface area contributed by atoms with Crippen LogP contribution in [-0.4, -0.2) is 40.8 Å². The van der Waals surface area contributed by atoms with Crippen LogP contribution < -0.4 is 5.32 Å². The maximum absolute atomic E-state index is 12.5. The largest absolute Gasteiger partial charge is 0.508 e. The zero-order valence-corrected chi connectivity index (χ0v) is 16.3. The Bertz CT molecular complexity index is 1010. The van der Waals surface area contributed by atoms with Crippen LogP contribution in [0.4, 0.5) is 4.79 Å². The quantitative estimate of drug-likeness (QED) is 0.619. The molecule has 2 amide bonds. The van der Waals surface area contributed by atoms with Crippen molar-refractivity contribution < 1.29 is 15.0 Å². The minimum absolute atomic E-state index is 0.0285. The fraction of sp³-hybridized carbons (Fsp3) is 0.292. The third-order valence-electron chi connectivity index (χ3n) is 5.74. The highest BCUT2D eigenvalue weighted by Gasteiger charge is 2.25. The first kappa shape index (κ1) is 19.1. The van der Waals surface area contributed by atoms with Crippen molar-refractivity contribution in [2.45, 2.75) is 25.2 Å². The number of nitrogens with zero attached hydrogens (tertiary/aromatic N) is 1. The Labute approximate surface area is 170 Å². The van der Waals surface area contributed by atoms with Gasteiger partial charge in [0.2, 0.25) is 0 Å². The molecule has 0 aliphatic carbocycles. The molecule has 0 atom stereocenters. The highest BCUT2D eigenvalue weighted by Crippen LogP contribution is 2.35. The molecule has 150 valence electrons. The molecule has 1 heterocycles. The molecule has 4 rings (SSSR count). The van der Waals surface area contributed by atoms with Gasteiger partial charge in [-0.15, -0.1) is 0 Å². The van der Waals surface area contributed by atoms with Gasteiger partial charge in [-0.2, -0.15) is 0 Å². The van der Waals surface area contributed by atoms with Gasteiger partial charge in [-0.3, -0.25) is 0 Å². The zero-order valence-electron chi connectivity index (χ0n) is 16.3. The number of phenolic OH excluding ortho intramolecular Hbond substituents is 2. The predicted molar refractivity (Wildman–Crippen MR) is 114 cm³/mol. The van der Waals surface area contributed by atoms with Gasteiger partial charge in [-0.05, 0) is 53.1 Å². The summed E-state index contributed by atoms with van der Waals surface area (Å²) >= 11 is 0. The molecule has 1 fully saturated rings. The molecule has 1 aliphatic rings. The molecule has 5 heteroatoms. The van der Waals surface area contributed by atoms with Crippen molar-refractivity contribution in [3.8, 4) is 11.5 Å². The molecule has 3 aromatic carbocycles. The number of phenols is 2. The third kappa shape index (κ3) is 4.45. The van der Waals surface area contributed by atoms with E-state index in [-0.39, 0.29) is 23.4 Å². The Hall–Kier alpha value is -3.21. The molecule has 3 N–H and O–H groups in total. The third-order valence-corrected chi connectivity index (χ3v) is 5.74. The van der Waals surface area contributed by atoms with E-state index in [0.29, 0.717) is 19.6 Å². The lowest BCUT2D eigenvalue weighted by Crippen LogP contribution is -2.44. The minimum atomic E-state index is -0.0285. The second-order valence-electron chi connectivity index (χ2n) is 7.67. The number of piperidine rings is 1. The molecule has 29 heavy (non-hydrogen) atoms. The fourth-order valence-corrected chi connectivity index (χ4v) is 4.09. The van der Waals surface area contributed by atoms with Crippen molar-refractivity contribution in [1.29, 1.82) is 0 Å². The summed E-state index contributed by atoms with van der Waals surface area (Å²) in [4.78, 5) is 14.3. The summed E-state index contributed by atoms with van der Waals surface area (Å²) in [5.41, 5.74) is 2.06. The van der Waals surface area contributed by atoms with E-state index in [9.17, 15) is 15.0 Å². The van der Waals surface area contributed by atoms with E-state index in [1.807, 2.05) is 17.0 Å². The second kappa shape index (κ2) is 8.43. The highest BCUT2D eigenvalue weighted by atomic mass is 16.3. The molecule has 1 saturated heterocycles. The number of carbonyl (C=O) groups is 1. The zero-order chi connectivity index (χ0) is 20.2. The van der Waals surface area contributed by atoms with E-state index in [1.165, 1.54) is 22.4 Å².